The summed E-state index contributed by atoms with van der Waals surface area (Å²) < 4.78 is 97.1. The van der Waals surface area contributed by atoms with E-state index >= 15 is 0 Å². The van der Waals surface area contributed by atoms with Gasteiger partial charge < -0.3 is 10.0 Å². The maximum absolute atomic E-state index is 13.6. The number of sulfonamides is 1. The molecule has 0 saturated carbocycles. The molecule has 2 atom stereocenters. The Labute approximate surface area is 239 Å². The van der Waals surface area contributed by atoms with Gasteiger partial charge in [-0.2, -0.15) is 34.5 Å². The van der Waals surface area contributed by atoms with Crippen LogP contribution in [0.25, 0.3) is 0 Å². The third kappa shape index (κ3) is 6.45. The molecule has 0 unspecified atom stereocenters. The van der Waals surface area contributed by atoms with Crippen LogP contribution in [0.1, 0.15) is 32.8 Å². The largest absolute Gasteiger partial charge is 0.421 e. The lowest BCUT2D eigenvalue weighted by Crippen LogP contribution is -2.60. The van der Waals surface area contributed by atoms with Crippen LogP contribution in [-0.2, 0) is 25.8 Å². The normalized spacial score (nSPS) is 21.3. The van der Waals surface area contributed by atoms with Gasteiger partial charge in [0.05, 0.1) is 10.9 Å². The van der Waals surface area contributed by atoms with Crippen LogP contribution >= 0.6 is 12.2 Å². The first kappa shape index (κ1) is 32.6. The zero-order chi connectivity index (χ0) is 30.3. The Hall–Kier alpha value is -1.88. The average Bonchev–Trinajstić information content (AvgIpc) is 2.86. The smallest absolute Gasteiger partial charge is 0.376 e. The van der Waals surface area contributed by atoms with E-state index in [0.29, 0.717) is 19.0 Å². The van der Waals surface area contributed by atoms with E-state index in [1.807, 2.05) is 0 Å². The summed E-state index contributed by atoms with van der Waals surface area (Å²) in [5.74, 6) is 0. The quantitative estimate of drug-likeness (QED) is 0.422. The molecule has 1 fully saturated rings. The molecule has 224 valence electrons. The SMILES string of the molecule is CC(C)N(C[C@H]1CN(S(=O)(=O)C2=CC=CCC2=S)CCN1c1ccc([C@@](C)(O)C(F)(F)F)cc1)S(=O)(=O)N(C)C. The third-order valence-corrected chi connectivity index (χ3v) is 11.6. The van der Waals surface area contributed by atoms with Gasteiger partial charge in [-0.3, -0.25) is 0 Å². The lowest BCUT2D eigenvalue weighted by molar-refractivity contribution is -0.258. The number of allylic oxidation sites excluding steroid dienone is 4. The van der Waals surface area contributed by atoms with E-state index in [2.05, 4.69) is 0 Å². The van der Waals surface area contributed by atoms with Gasteiger partial charge >= 0.3 is 6.18 Å². The third-order valence-electron chi connectivity index (χ3n) is 7.06. The minimum atomic E-state index is -4.89. The minimum absolute atomic E-state index is 0.0255. The minimum Gasteiger partial charge on any atom is -0.376 e. The Morgan fingerprint density at radius 3 is 2.20 bits per heavy atom. The number of halogens is 3. The van der Waals surface area contributed by atoms with Gasteiger partial charge in [0.15, 0.2) is 5.60 Å². The van der Waals surface area contributed by atoms with Gasteiger partial charge in [0, 0.05) is 63.3 Å². The zero-order valence-corrected chi connectivity index (χ0v) is 25.4. The number of nitrogens with zero attached hydrogens (tertiary/aromatic N) is 4. The summed E-state index contributed by atoms with van der Waals surface area (Å²) in [4.78, 5) is 2.09. The molecule has 0 radical (unpaired) electrons. The van der Waals surface area contributed by atoms with Gasteiger partial charge in [-0.25, -0.2) is 8.42 Å². The van der Waals surface area contributed by atoms with Crippen LogP contribution in [0.5, 0.6) is 0 Å². The lowest BCUT2D eigenvalue weighted by atomic mass is 9.95. The van der Waals surface area contributed by atoms with Gasteiger partial charge in [0.1, 0.15) is 0 Å². The maximum atomic E-state index is 13.6. The molecule has 1 N–H and O–H groups in total. The molecule has 1 saturated heterocycles. The standard InChI is InChI=1S/C25H35F3N4O5S3/c1-18(2)32(40(36,37)29(4)5)17-21-16-30(39(34,35)23-9-7-6-8-22(23)38)14-15-31(21)20-12-10-19(11-13-20)24(3,33)25(26,27)28/h6-7,9-13,18,21,33H,8,14-17H2,1-5H3/t21-,24-/m1/s1. The molecule has 0 aromatic heterocycles. The Morgan fingerprint density at radius 1 is 1.10 bits per heavy atom. The number of anilines is 1. The molecule has 0 amide bonds. The molecule has 40 heavy (non-hydrogen) atoms. The molecule has 1 aliphatic heterocycles. The first-order valence-electron chi connectivity index (χ1n) is 12.6. The summed E-state index contributed by atoms with van der Waals surface area (Å²) in [6.45, 7) is 4.09. The highest BCUT2D eigenvalue weighted by molar-refractivity contribution is 7.96. The van der Waals surface area contributed by atoms with Gasteiger partial charge in [0.2, 0.25) is 10.0 Å². The van der Waals surface area contributed by atoms with Crippen LogP contribution in [0.4, 0.5) is 18.9 Å². The molecule has 0 spiro atoms. The van der Waals surface area contributed by atoms with Gasteiger partial charge in [0.25, 0.3) is 10.2 Å². The summed E-state index contributed by atoms with van der Waals surface area (Å²) in [5, 5.41) is 10.1. The van der Waals surface area contributed by atoms with Crippen molar-refractivity contribution in [2.24, 2.45) is 0 Å². The fourth-order valence-electron chi connectivity index (χ4n) is 4.56. The van der Waals surface area contributed by atoms with Crippen molar-refractivity contribution >= 4 is 43.0 Å². The molecule has 1 aliphatic carbocycles. The molecule has 1 heterocycles. The van der Waals surface area contributed by atoms with Crippen molar-refractivity contribution < 1.29 is 35.1 Å². The summed E-state index contributed by atoms with van der Waals surface area (Å²) in [7, 11) is -5.08. The van der Waals surface area contributed by atoms with Crippen LogP contribution in [-0.4, -0.2) is 98.3 Å². The molecule has 1 aromatic carbocycles. The lowest BCUT2D eigenvalue weighted by Gasteiger charge is -2.44. The predicted molar refractivity (Wildman–Crippen MR) is 153 cm³/mol. The first-order chi connectivity index (χ1) is 18.3. The molecule has 3 rings (SSSR count). The number of rotatable bonds is 9. The van der Waals surface area contributed by atoms with Gasteiger partial charge in [-0.1, -0.05) is 36.5 Å². The summed E-state index contributed by atoms with van der Waals surface area (Å²) in [5.41, 5.74) is -2.96. The topological polar surface area (TPSA) is 101 Å². The fraction of sp³-hybridized carbons (Fsp3) is 0.560. The van der Waals surface area contributed by atoms with Crippen molar-refractivity contribution in [1.29, 1.82) is 0 Å². The highest BCUT2D eigenvalue weighted by Crippen LogP contribution is 2.39. The monoisotopic (exact) mass is 624 g/mol. The van der Waals surface area contributed by atoms with Crippen molar-refractivity contribution in [3.05, 3.63) is 53.0 Å². The Balaban J connectivity index is 2.02. The van der Waals surface area contributed by atoms with E-state index in [9.17, 15) is 35.1 Å². The van der Waals surface area contributed by atoms with Crippen LogP contribution in [0.15, 0.2) is 47.4 Å². The first-order valence-corrected chi connectivity index (χ1v) is 15.8. The highest BCUT2D eigenvalue weighted by Gasteiger charge is 2.51. The number of hydrogen-bond acceptors (Lipinski definition) is 7. The number of piperazine rings is 1. The molecule has 15 heteroatoms. The Kier molecular flexibility index (Phi) is 9.61. The second-order valence-electron chi connectivity index (χ2n) is 10.4. The summed E-state index contributed by atoms with van der Waals surface area (Å²) in [6, 6.07) is 3.99. The number of alkyl halides is 3. The van der Waals surface area contributed by atoms with Crippen LogP contribution in [0, 0.1) is 0 Å². The van der Waals surface area contributed by atoms with Crippen LogP contribution in [0.2, 0.25) is 0 Å². The summed E-state index contributed by atoms with van der Waals surface area (Å²) >= 11 is 5.29. The maximum Gasteiger partial charge on any atom is 0.421 e. The van der Waals surface area contributed by atoms with Crippen molar-refractivity contribution in [3.63, 3.8) is 0 Å². The van der Waals surface area contributed by atoms with Crippen molar-refractivity contribution in [2.45, 2.75) is 51.1 Å². The Morgan fingerprint density at radius 2 is 1.70 bits per heavy atom. The molecule has 2 aliphatic rings. The molecular formula is C25H35F3N4O5S3. The number of thiocarbonyl (C=S) groups is 1. The van der Waals surface area contributed by atoms with Crippen molar-refractivity contribution in [3.8, 4) is 0 Å². The van der Waals surface area contributed by atoms with Crippen LogP contribution in [0.3, 0.4) is 0 Å². The number of benzene rings is 1. The Bertz CT molecular complexity index is 1370. The van der Waals surface area contributed by atoms with E-state index in [1.165, 1.54) is 40.9 Å². The van der Waals surface area contributed by atoms with E-state index in [0.717, 1.165) is 16.4 Å². The van der Waals surface area contributed by atoms with Gasteiger partial charge in [-0.15, -0.1) is 0 Å². The number of hydrogen-bond donors (Lipinski definition) is 1. The van der Waals surface area contributed by atoms with Crippen molar-refractivity contribution in [1.82, 2.24) is 12.9 Å². The second-order valence-corrected chi connectivity index (χ2v) is 14.9. The molecular weight excluding hydrogens is 589 g/mol. The van der Waals surface area contributed by atoms with E-state index < -0.39 is 44.1 Å². The van der Waals surface area contributed by atoms with Gasteiger partial charge in [-0.05, 0) is 44.5 Å². The van der Waals surface area contributed by atoms with E-state index in [4.69, 9.17) is 12.2 Å². The average molecular weight is 625 g/mol. The molecule has 1 aromatic rings. The molecule has 9 nitrogen and oxygen atoms in total. The van der Waals surface area contributed by atoms with E-state index in [-0.39, 0.29) is 41.5 Å². The second kappa shape index (κ2) is 11.8. The summed E-state index contributed by atoms with van der Waals surface area (Å²) in [6.07, 6.45) is 0.260. The highest BCUT2D eigenvalue weighted by atomic mass is 32.2. The zero-order valence-electron chi connectivity index (χ0n) is 23.0. The number of aliphatic hydroxyl groups is 1. The van der Waals surface area contributed by atoms with Crippen LogP contribution < -0.4 is 4.90 Å². The predicted octanol–water partition coefficient (Wildman–Crippen LogP) is 3.01. The fourth-order valence-corrected chi connectivity index (χ4v) is 7.95. The van der Waals surface area contributed by atoms with Crippen molar-refractivity contribution in [2.75, 3.05) is 45.2 Å². The van der Waals surface area contributed by atoms with E-state index in [1.54, 1.807) is 30.9 Å². The molecule has 0 bridgehead atoms.